The van der Waals surface area contributed by atoms with Crippen molar-refractivity contribution in [3.8, 4) is 11.4 Å². The molecule has 0 unspecified atom stereocenters. The zero-order valence-corrected chi connectivity index (χ0v) is 15.1. The van der Waals surface area contributed by atoms with E-state index in [9.17, 15) is 26.7 Å². The molecule has 1 amide bonds. The van der Waals surface area contributed by atoms with Crippen molar-refractivity contribution in [1.29, 1.82) is 0 Å². The molecule has 0 aromatic carbocycles. The van der Waals surface area contributed by atoms with Crippen LogP contribution in [0.2, 0.25) is 0 Å². The zero-order chi connectivity index (χ0) is 21.5. The van der Waals surface area contributed by atoms with Gasteiger partial charge in [0, 0.05) is 25.0 Å². The van der Waals surface area contributed by atoms with Crippen LogP contribution in [0, 0.1) is 5.82 Å². The van der Waals surface area contributed by atoms with Gasteiger partial charge in [0.25, 0.3) is 0 Å². The summed E-state index contributed by atoms with van der Waals surface area (Å²) < 4.78 is 64.8. The first-order valence-electron chi connectivity index (χ1n) is 8.78. The summed E-state index contributed by atoms with van der Waals surface area (Å²) in [7, 11) is 0. The van der Waals surface area contributed by atoms with E-state index in [1.807, 2.05) is 0 Å². The Bertz CT molecular complexity index is 1090. The number of hydrogen-bond acceptors (Lipinski definition) is 6. The number of aromatic nitrogens is 5. The summed E-state index contributed by atoms with van der Waals surface area (Å²) in [6, 6.07) is 0.0260. The Morgan fingerprint density at radius 3 is 2.90 bits per heavy atom. The summed E-state index contributed by atoms with van der Waals surface area (Å²) in [6.45, 7) is -1.79. The zero-order valence-electron chi connectivity index (χ0n) is 15.1. The topological polar surface area (TPSA) is 99.7 Å². The number of amides is 1. The summed E-state index contributed by atoms with van der Waals surface area (Å²) in [5.41, 5.74) is 0.789. The first kappa shape index (κ1) is 19.9. The van der Waals surface area contributed by atoms with Crippen molar-refractivity contribution in [3.05, 3.63) is 30.6 Å². The molecule has 0 spiro atoms. The monoisotopic (exact) mass is 429 g/mol. The van der Waals surface area contributed by atoms with Gasteiger partial charge in [-0.25, -0.2) is 23.7 Å². The number of anilines is 1. The molecule has 0 radical (unpaired) electrons. The van der Waals surface area contributed by atoms with Crippen molar-refractivity contribution in [2.45, 2.75) is 24.8 Å². The highest BCUT2D eigenvalue weighted by Crippen LogP contribution is 2.29. The number of rotatable bonds is 4. The van der Waals surface area contributed by atoms with Crippen LogP contribution in [-0.4, -0.2) is 62.3 Å². The van der Waals surface area contributed by atoms with Gasteiger partial charge in [-0.3, -0.25) is 4.79 Å². The summed E-state index contributed by atoms with van der Waals surface area (Å²) in [5.74, 6) is -1.52. The van der Waals surface area contributed by atoms with Crippen molar-refractivity contribution in [2.75, 3.05) is 18.0 Å². The lowest BCUT2D eigenvalue weighted by atomic mass is 10.2. The number of carbonyl (C=O) groups excluding carboxylic acids is 1. The third-order valence-corrected chi connectivity index (χ3v) is 4.57. The van der Waals surface area contributed by atoms with Gasteiger partial charge in [0.15, 0.2) is 5.82 Å². The number of aromatic amines is 1. The molecule has 8 nitrogen and oxygen atoms in total. The Kier molecular flexibility index (Phi) is 4.95. The highest BCUT2D eigenvalue weighted by atomic mass is 19.4. The Hall–Kier alpha value is -3.38. The predicted octanol–water partition coefficient (Wildman–Crippen LogP) is 2.40. The van der Waals surface area contributed by atoms with Gasteiger partial charge >= 0.3 is 6.18 Å². The second-order valence-electron chi connectivity index (χ2n) is 6.70. The number of nitrogens with zero attached hydrogens (tertiary/aromatic N) is 5. The van der Waals surface area contributed by atoms with E-state index >= 15 is 0 Å². The van der Waals surface area contributed by atoms with Crippen LogP contribution in [-0.2, 0) is 4.79 Å². The summed E-state index contributed by atoms with van der Waals surface area (Å²) >= 11 is 0. The van der Waals surface area contributed by atoms with Crippen LogP contribution >= 0.6 is 0 Å². The molecule has 0 saturated carbocycles. The first-order valence-corrected chi connectivity index (χ1v) is 8.78. The Morgan fingerprint density at radius 1 is 1.33 bits per heavy atom. The minimum atomic E-state index is -4.59. The van der Waals surface area contributed by atoms with E-state index in [0.29, 0.717) is 16.6 Å². The molecule has 3 aromatic rings. The lowest BCUT2D eigenvalue weighted by Crippen LogP contribution is -2.46. The number of hydrogen-bond donors (Lipinski definition) is 2. The fraction of sp³-hybridized carbons (Fsp3) is 0.353. The molecule has 0 bridgehead atoms. The maximum absolute atomic E-state index is 14.0. The van der Waals surface area contributed by atoms with Crippen LogP contribution in [0.4, 0.5) is 27.9 Å². The minimum Gasteiger partial charge on any atom is -0.345 e. The molecule has 3 aromatic heterocycles. The van der Waals surface area contributed by atoms with Crippen LogP contribution in [0.3, 0.4) is 0 Å². The molecule has 2 atom stereocenters. The molecule has 1 aliphatic rings. The fourth-order valence-electron chi connectivity index (χ4n) is 3.28. The highest BCUT2D eigenvalue weighted by molar-refractivity contribution is 5.91. The molecular formula is C17H16F5N7O. The molecule has 4 rings (SSSR count). The van der Waals surface area contributed by atoms with Crippen LogP contribution in [0.5, 0.6) is 0 Å². The van der Waals surface area contributed by atoms with Crippen molar-refractivity contribution in [3.63, 3.8) is 0 Å². The number of H-pyrrole nitrogens is 1. The van der Waals surface area contributed by atoms with Gasteiger partial charge < -0.3 is 15.2 Å². The van der Waals surface area contributed by atoms with E-state index in [1.165, 1.54) is 17.2 Å². The molecule has 1 fully saturated rings. The van der Waals surface area contributed by atoms with E-state index in [2.05, 4.69) is 24.9 Å². The van der Waals surface area contributed by atoms with Crippen molar-refractivity contribution < 1.29 is 28.2 Å². The number of pyridine rings is 1. The van der Waals surface area contributed by atoms with Crippen LogP contribution < -0.4 is 10.2 Å². The molecule has 1 saturated heterocycles. The number of carbonyl (C=O) groups is 1. The second-order valence-corrected chi connectivity index (χ2v) is 6.70. The van der Waals surface area contributed by atoms with Gasteiger partial charge in [-0.2, -0.15) is 18.2 Å². The first-order chi connectivity index (χ1) is 14.2. The summed E-state index contributed by atoms with van der Waals surface area (Å²) in [6.07, 6.45) is -2.67. The van der Waals surface area contributed by atoms with Gasteiger partial charge in [-0.1, -0.05) is 0 Å². The Labute approximate surface area is 167 Å². The maximum atomic E-state index is 14.0. The fourth-order valence-corrected chi connectivity index (χ4v) is 3.28. The standard InChI is InChI=1S/C17H14F5N7O.H2/c18-8-1-10-11(4-24-13(10)23-3-8)14-26-7-27-16(28-14)29-5-9(19)2-12(29)15(30)25-6-17(20,21)22;/h1,3-4,7,9,12H,2,5-6H2,(H,23,24)(H,25,30);1H/t9-,12+;/m0./s1. The van der Waals surface area contributed by atoms with E-state index in [-0.39, 0.29) is 26.2 Å². The van der Waals surface area contributed by atoms with Crippen molar-refractivity contribution >= 4 is 22.9 Å². The van der Waals surface area contributed by atoms with Crippen LogP contribution in [0.15, 0.2) is 24.8 Å². The minimum absolute atomic E-state index is 0. The summed E-state index contributed by atoms with van der Waals surface area (Å²) in [5, 5.41) is 2.16. The van der Waals surface area contributed by atoms with Gasteiger partial charge in [0.1, 0.15) is 36.5 Å². The van der Waals surface area contributed by atoms with E-state index in [1.54, 1.807) is 5.32 Å². The number of fused-ring (bicyclic) bond motifs is 1. The molecule has 1 aliphatic heterocycles. The van der Waals surface area contributed by atoms with Crippen molar-refractivity contribution in [1.82, 2.24) is 30.2 Å². The average molecular weight is 429 g/mol. The largest absolute Gasteiger partial charge is 0.405 e. The molecule has 13 heteroatoms. The Balaban J connectivity index is 0.00000272. The highest BCUT2D eigenvalue weighted by Gasteiger charge is 2.40. The second kappa shape index (κ2) is 7.46. The van der Waals surface area contributed by atoms with Gasteiger partial charge in [-0.05, 0) is 6.07 Å². The summed E-state index contributed by atoms with van der Waals surface area (Å²) in [4.78, 5) is 32.3. The number of alkyl halides is 4. The molecule has 160 valence electrons. The quantitative estimate of drug-likeness (QED) is 0.618. The van der Waals surface area contributed by atoms with Gasteiger partial charge in [0.05, 0.1) is 12.7 Å². The predicted molar refractivity (Wildman–Crippen MR) is 96.7 cm³/mol. The Morgan fingerprint density at radius 2 is 2.13 bits per heavy atom. The van der Waals surface area contributed by atoms with E-state index in [0.717, 1.165) is 12.5 Å². The SMILES string of the molecule is O=C(NCC(F)(F)F)[C@H]1C[C@H](F)CN1c1ncnc(-c2c[nH]c3ncc(F)cc23)n1.[HH]. The van der Waals surface area contributed by atoms with Gasteiger partial charge in [0.2, 0.25) is 11.9 Å². The molecule has 0 aliphatic carbocycles. The third-order valence-electron chi connectivity index (χ3n) is 4.57. The normalized spacial score (nSPS) is 19.4. The number of halogens is 5. The lowest BCUT2D eigenvalue weighted by Gasteiger charge is -2.23. The van der Waals surface area contributed by atoms with Crippen LogP contribution in [0.25, 0.3) is 22.4 Å². The maximum Gasteiger partial charge on any atom is 0.405 e. The van der Waals surface area contributed by atoms with Crippen molar-refractivity contribution in [2.24, 2.45) is 0 Å². The molecule has 4 heterocycles. The average Bonchev–Trinajstić information content (AvgIpc) is 3.29. The van der Waals surface area contributed by atoms with Crippen LogP contribution in [0.1, 0.15) is 7.85 Å². The van der Waals surface area contributed by atoms with E-state index in [4.69, 9.17) is 0 Å². The third kappa shape index (κ3) is 4.00. The smallest absolute Gasteiger partial charge is 0.345 e. The van der Waals surface area contributed by atoms with Gasteiger partial charge in [-0.15, -0.1) is 0 Å². The lowest BCUT2D eigenvalue weighted by molar-refractivity contribution is -0.139. The molecule has 2 N–H and O–H groups in total. The number of nitrogens with one attached hydrogen (secondary N) is 2. The molecule has 30 heavy (non-hydrogen) atoms. The molecular weight excluding hydrogens is 413 g/mol. The van der Waals surface area contributed by atoms with E-state index < -0.39 is 36.7 Å².